The Morgan fingerprint density at radius 3 is 2.54 bits per heavy atom. The molecule has 6 nitrogen and oxygen atoms in total. The van der Waals surface area contributed by atoms with Crippen LogP contribution in [0, 0.1) is 22.7 Å². The van der Waals surface area contributed by atoms with Gasteiger partial charge in [0.2, 0.25) is 5.91 Å². The van der Waals surface area contributed by atoms with Crippen LogP contribution in [0.3, 0.4) is 0 Å². The van der Waals surface area contributed by atoms with E-state index >= 15 is 0 Å². The van der Waals surface area contributed by atoms with E-state index < -0.39 is 5.97 Å². The quantitative estimate of drug-likeness (QED) is 0.185. The lowest BCUT2D eigenvalue weighted by Gasteiger charge is -2.43. The van der Waals surface area contributed by atoms with Crippen LogP contribution in [0.15, 0.2) is 11.1 Å². The van der Waals surface area contributed by atoms with Gasteiger partial charge in [-0.05, 0) is 57.3 Å². The Morgan fingerprint density at radius 1 is 1.32 bits per heavy atom. The molecular formula is C22H35N3O3. The zero-order valence-corrected chi connectivity index (χ0v) is 17.5. The smallest absolute Gasteiger partial charge is 0.331 e. The summed E-state index contributed by atoms with van der Waals surface area (Å²) in [5.41, 5.74) is 1.55. The Kier molecular flexibility index (Phi) is 6.15. The first kappa shape index (κ1) is 20.9. The van der Waals surface area contributed by atoms with Crippen molar-refractivity contribution in [3.63, 3.8) is 0 Å². The fourth-order valence-electron chi connectivity index (χ4n) is 5.27. The summed E-state index contributed by atoms with van der Waals surface area (Å²) in [5, 5.41) is 20.6. The lowest BCUT2D eigenvalue weighted by molar-refractivity contribution is -0.139. The maximum Gasteiger partial charge on any atom is 0.331 e. The molecule has 2 heterocycles. The second-order valence-corrected chi connectivity index (χ2v) is 9.09. The number of carbonyl (C=O) groups excluding carboxylic acids is 1. The number of nitrogens with one attached hydrogen (secondary N) is 2. The summed E-state index contributed by atoms with van der Waals surface area (Å²) in [7, 11) is 0. The highest BCUT2D eigenvalue weighted by Crippen LogP contribution is 2.59. The highest BCUT2D eigenvalue weighted by atomic mass is 16.4. The minimum absolute atomic E-state index is 0.0444. The summed E-state index contributed by atoms with van der Waals surface area (Å²) in [6.07, 6.45) is 8.48. The summed E-state index contributed by atoms with van der Waals surface area (Å²) >= 11 is 0. The number of rotatable bonds is 9. The molecule has 28 heavy (non-hydrogen) atoms. The standard InChI is InChI=1S/C22H35N3O3/c1-4-5-6-8-22(9-10-22)19-18(24-20(19)26)12-17(14(2)21(27)28)16-7-11-25(13-16)15(3)23/h16,18-19,23H,4-13H2,1-3H3,(H,24,26)(H,27,28)/b17-14-,23-15?. The molecule has 0 aromatic rings. The summed E-state index contributed by atoms with van der Waals surface area (Å²) < 4.78 is 0. The molecule has 6 heteroatoms. The average Bonchev–Trinajstić information content (AvgIpc) is 3.20. The van der Waals surface area contributed by atoms with E-state index in [4.69, 9.17) is 5.41 Å². The second-order valence-electron chi connectivity index (χ2n) is 9.09. The van der Waals surface area contributed by atoms with Crippen molar-refractivity contribution < 1.29 is 14.7 Å². The van der Waals surface area contributed by atoms with Gasteiger partial charge in [0.25, 0.3) is 0 Å². The molecule has 0 aromatic heterocycles. The molecule has 0 aromatic carbocycles. The van der Waals surface area contributed by atoms with Gasteiger partial charge in [0.05, 0.1) is 11.8 Å². The molecule has 3 atom stereocenters. The van der Waals surface area contributed by atoms with Gasteiger partial charge >= 0.3 is 5.97 Å². The van der Waals surface area contributed by atoms with Gasteiger partial charge in [-0.25, -0.2) is 4.79 Å². The van der Waals surface area contributed by atoms with Crippen LogP contribution in [0.2, 0.25) is 0 Å². The minimum Gasteiger partial charge on any atom is -0.478 e. The van der Waals surface area contributed by atoms with Crippen molar-refractivity contribution in [1.82, 2.24) is 10.2 Å². The Morgan fingerprint density at radius 2 is 2.04 bits per heavy atom. The zero-order chi connectivity index (χ0) is 20.5. The summed E-state index contributed by atoms with van der Waals surface area (Å²) in [5.74, 6) is 0.0336. The van der Waals surface area contributed by atoms with Crippen LogP contribution in [0.5, 0.6) is 0 Å². The van der Waals surface area contributed by atoms with Crippen molar-refractivity contribution in [1.29, 1.82) is 5.41 Å². The van der Waals surface area contributed by atoms with E-state index in [0.717, 1.165) is 37.8 Å². The maximum absolute atomic E-state index is 12.4. The molecule has 2 aliphatic heterocycles. The number of aliphatic carboxylic acids is 1. The number of nitrogens with zero attached hydrogens (tertiary/aromatic N) is 1. The predicted molar refractivity (Wildman–Crippen MR) is 109 cm³/mol. The Balaban J connectivity index is 1.73. The molecule has 1 saturated carbocycles. The summed E-state index contributed by atoms with van der Waals surface area (Å²) in [4.78, 5) is 26.2. The largest absolute Gasteiger partial charge is 0.478 e. The summed E-state index contributed by atoms with van der Waals surface area (Å²) in [6.45, 7) is 7.19. The van der Waals surface area contributed by atoms with E-state index in [1.807, 2.05) is 4.90 Å². The SMILES string of the molecule is CCCCCC1(C2C(=O)NC2C/C(=C(\C)C(=O)O)C2CCN(C(C)=N)C2)CC1. The van der Waals surface area contributed by atoms with Crippen LogP contribution >= 0.6 is 0 Å². The predicted octanol–water partition coefficient (Wildman–Crippen LogP) is 3.57. The third kappa shape index (κ3) is 4.11. The third-order valence-electron chi connectivity index (χ3n) is 7.24. The molecule has 3 aliphatic rings. The fraction of sp³-hybridized carbons (Fsp3) is 0.773. The number of β-lactam (4-membered cyclic amide) rings is 1. The Hall–Kier alpha value is -1.85. The number of hydrogen-bond acceptors (Lipinski definition) is 3. The van der Waals surface area contributed by atoms with Gasteiger partial charge in [0.15, 0.2) is 0 Å². The van der Waals surface area contributed by atoms with Gasteiger partial charge in [-0.2, -0.15) is 0 Å². The van der Waals surface area contributed by atoms with Crippen molar-refractivity contribution in [3.05, 3.63) is 11.1 Å². The number of carboxylic acid groups (broad SMARTS) is 1. The first-order valence-electron chi connectivity index (χ1n) is 10.8. The summed E-state index contributed by atoms with van der Waals surface area (Å²) in [6, 6.07) is 0.0658. The molecule has 0 bridgehead atoms. The van der Waals surface area contributed by atoms with Crippen molar-refractivity contribution in [2.45, 2.75) is 78.2 Å². The molecule has 0 radical (unpaired) electrons. The molecule has 2 saturated heterocycles. The molecule has 3 N–H and O–H groups in total. The van der Waals surface area contributed by atoms with Crippen LogP contribution in [-0.4, -0.2) is 46.8 Å². The number of likely N-dealkylation sites (tertiary alicyclic amines) is 1. The highest BCUT2D eigenvalue weighted by molar-refractivity contribution is 5.89. The molecule has 3 fully saturated rings. The first-order valence-corrected chi connectivity index (χ1v) is 10.8. The third-order valence-corrected chi connectivity index (χ3v) is 7.24. The van der Waals surface area contributed by atoms with E-state index in [1.54, 1.807) is 13.8 Å². The average molecular weight is 390 g/mol. The molecular weight excluding hydrogens is 354 g/mol. The molecule has 1 amide bonds. The van der Waals surface area contributed by atoms with Crippen LogP contribution in [-0.2, 0) is 9.59 Å². The van der Waals surface area contributed by atoms with Crippen LogP contribution < -0.4 is 5.32 Å². The number of amidine groups is 1. The number of carbonyl (C=O) groups is 2. The monoisotopic (exact) mass is 389 g/mol. The Labute approximate surface area is 168 Å². The zero-order valence-electron chi connectivity index (χ0n) is 17.5. The normalized spacial score (nSPS) is 29.0. The van der Waals surface area contributed by atoms with Gasteiger partial charge in [-0.3, -0.25) is 10.2 Å². The van der Waals surface area contributed by atoms with Gasteiger partial charge in [-0.15, -0.1) is 0 Å². The first-order chi connectivity index (χ1) is 13.3. The number of hydrogen-bond donors (Lipinski definition) is 3. The fourth-order valence-corrected chi connectivity index (χ4v) is 5.27. The number of carboxylic acids is 1. The van der Waals surface area contributed by atoms with Crippen LogP contribution in [0.4, 0.5) is 0 Å². The maximum atomic E-state index is 12.4. The lowest BCUT2D eigenvalue weighted by Crippen LogP contribution is -2.61. The van der Waals surface area contributed by atoms with Crippen molar-refractivity contribution in [2.24, 2.45) is 17.3 Å². The lowest BCUT2D eigenvalue weighted by atomic mass is 9.71. The highest BCUT2D eigenvalue weighted by Gasteiger charge is 2.59. The molecule has 3 unspecified atom stereocenters. The minimum atomic E-state index is -0.869. The molecule has 0 spiro atoms. The van der Waals surface area contributed by atoms with Gasteiger partial charge in [-0.1, -0.05) is 31.8 Å². The topological polar surface area (TPSA) is 93.5 Å². The Bertz CT molecular complexity index is 681. The molecule has 1 aliphatic carbocycles. The van der Waals surface area contributed by atoms with E-state index in [-0.39, 0.29) is 29.2 Å². The molecule has 3 rings (SSSR count). The number of unbranched alkanes of at least 4 members (excludes halogenated alkanes) is 2. The second kappa shape index (κ2) is 8.26. The van der Waals surface area contributed by atoms with Gasteiger partial charge in [0.1, 0.15) is 0 Å². The van der Waals surface area contributed by atoms with E-state index in [1.165, 1.54) is 19.3 Å². The van der Waals surface area contributed by atoms with Crippen LogP contribution in [0.1, 0.15) is 72.1 Å². The number of amides is 1. The van der Waals surface area contributed by atoms with Crippen molar-refractivity contribution in [2.75, 3.05) is 13.1 Å². The van der Waals surface area contributed by atoms with E-state index in [0.29, 0.717) is 24.4 Å². The molecule has 156 valence electrons. The van der Waals surface area contributed by atoms with Gasteiger partial charge < -0.3 is 15.3 Å². The van der Waals surface area contributed by atoms with E-state index in [2.05, 4.69) is 12.2 Å². The van der Waals surface area contributed by atoms with E-state index in [9.17, 15) is 14.7 Å². The van der Waals surface area contributed by atoms with Gasteiger partial charge in [0, 0.05) is 24.7 Å². The van der Waals surface area contributed by atoms with Crippen molar-refractivity contribution in [3.8, 4) is 0 Å². The van der Waals surface area contributed by atoms with Crippen LogP contribution in [0.25, 0.3) is 0 Å². The van der Waals surface area contributed by atoms with Crippen molar-refractivity contribution >= 4 is 17.7 Å².